The maximum Gasteiger partial charge on any atom is 0.573 e. The van der Waals surface area contributed by atoms with E-state index in [0.717, 1.165) is 6.07 Å². The van der Waals surface area contributed by atoms with Crippen molar-refractivity contribution in [3.8, 4) is 11.6 Å². The molecule has 2 aromatic heterocycles. The maximum atomic E-state index is 12.4. The standard InChI is InChI=1S/C18H16F3N5O2/c19-18(20,21)28-14-6-2-1-5-13(14)17(27)23-8-7-22-15-11-16(25-12-24-15)26-9-3-4-10-26/h1-6,9-12H,7-8H2,(H,23,27)(H,22,24,25). The van der Waals surface area contributed by atoms with Crippen molar-refractivity contribution < 1.29 is 22.7 Å². The molecule has 1 aromatic carbocycles. The molecule has 0 fully saturated rings. The quantitative estimate of drug-likeness (QED) is 0.605. The molecule has 0 aliphatic rings. The molecule has 2 heterocycles. The number of rotatable bonds is 7. The Morgan fingerprint density at radius 1 is 1.07 bits per heavy atom. The number of para-hydroxylation sites is 1. The number of aromatic nitrogens is 3. The van der Waals surface area contributed by atoms with Gasteiger partial charge in [-0.1, -0.05) is 12.1 Å². The largest absolute Gasteiger partial charge is 0.573 e. The van der Waals surface area contributed by atoms with Crippen molar-refractivity contribution in [1.82, 2.24) is 19.9 Å². The lowest BCUT2D eigenvalue weighted by molar-refractivity contribution is -0.274. The fourth-order valence-corrected chi connectivity index (χ4v) is 2.40. The van der Waals surface area contributed by atoms with Gasteiger partial charge in [-0.05, 0) is 24.3 Å². The summed E-state index contributed by atoms with van der Waals surface area (Å²) in [5.41, 5.74) is -0.197. The molecular weight excluding hydrogens is 375 g/mol. The van der Waals surface area contributed by atoms with Gasteiger partial charge in [-0.2, -0.15) is 0 Å². The Kier molecular flexibility index (Phi) is 5.78. The lowest BCUT2D eigenvalue weighted by Gasteiger charge is -2.13. The number of halogens is 3. The Morgan fingerprint density at radius 3 is 2.57 bits per heavy atom. The Bertz CT molecular complexity index is 929. The monoisotopic (exact) mass is 391 g/mol. The van der Waals surface area contributed by atoms with E-state index in [1.54, 1.807) is 6.07 Å². The van der Waals surface area contributed by atoms with E-state index in [-0.39, 0.29) is 12.1 Å². The second kappa shape index (κ2) is 8.42. The van der Waals surface area contributed by atoms with Gasteiger partial charge in [0.2, 0.25) is 0 Å². The molecule has 1 amide bonds. The van der Waals surface area contributed by atoms with Gasteiger partial charge in [0, 0.05) is 31.5 Å². The average Bonchev–Trinajstić information content (AvgIpc) is 3.19. The summed E-state index contributed by atoms with van der Waals surface area (Å²) in [5.74, 6) is 0.00325. The number of ether oxygens (including phenoxy) is 1. The van der Waals surface area contributed by atoms with Crippen molar-refractivity contribution in [2.45, 2.75) is 6.36 Å². The number of alkyl halides is 3. The summed E-state index contributed by atoms with van der Waals surface area (Å²) in [7, 11) is 0. The topological polar surface area (TPSA) is 81.1 Å². The van der Waals surface area contributed by atoms with Crippen LogP contribution in [0.4, 0.5) is 19.0 Å². The van der Waals surface area contributed by atoms with Crippen LogP contribution in [0.1, 0.15) is 10.4 Å². The summed E-state index contributed by atoms with van der Waals surface area (Å²) in [6.45, 7) is 0.484. The molecule has 10 heteroatoms. The molecule has 0 radical (unpaired) electrons. The minimum atomic E-state index is -4.87. The van der Waals surface area contributed by atoms with Gasteiger partial charge >= 0.3 is 6.36 Å². The SMILES string of the molecule is O=C(NCCNc1cc(-n2cccc2)ncn1)c1ccccc1OC(F)(F)F. The number of carbonyl (C=O) groups is 1. The summed E-state index contributed by atoms with van der Waals surface area (Å²) in [6.07, 6.45) is 0.211. The Balaban J connectivity index is 1.54. The van der Waals surface area contributed by atoms with Crippen LogP contribution in [0.3, 0.4) is 0 Å². The number of nitrogens with one attached hydrogen (secondary N) is 2. The zero-order chi connectivity index (χ0) is 20.0. The fourth-order valence-electron chi connectivity index (χ4n) is 2.40. The molecule has 0 unspecified atom stereocenters. The molecule has 3 aromatic rings. The van der Waals surface area contributed by atoms with Crippen LogP contribution in [0.2, 0.25) is 0 Å². The van der Waals surface area contributed by atoms with Gasteiger partial charge in [0.25, 0.3) is 5.91 Å². The van der Waals surface area contributed by atoms with Crippen LogP contribution in [0.25, 0.3) is 5.82 Å². The van der Waals surface area contributed by atoms with Crippen LogP contribution < -0.4 is 15.4 Å². The maximum absolute atomic E-state index is 12.4. The first kappa shape index (κ1) is 19.2. The van der Waals surface area contributed by atoms with Crippen molar-refractivity contribution in [1.29, 1.82) is 0 Å². The molecule has 0 aliphatic carbocycles. The smallest absolute Gasteiger partial charge is 0.405 e. The summed E-state index contributed by atoms with van der Waals surface area (Å²) < 4.78 is 43.0. The zero-order valence-corrected chi connectivity index (χ0v) is 14.5. The Hall–Kier alpha value is -3.56. The Morgan fingerprint density at radius 2 is 1.82 bits per heavy atom. The first-order valence-electron chi connectivity index (χ1n) is 8.24. The van der Waals surface area contributed by atoms with Crippen LogP contribution >= 0.6 is 0 Å². The van der Waals surface area contributed by atoms with E-state index in [0.29, 0.717) is 18.2 Å². The van der Waals surface area contributed by atoms with Gasteiger partial charge in [0.15, 0.2) is 0 Å². The summed E-state index contributed by atoms with van der Waals surface area (Å²) in [5, 5.41) is 5.56. The molecule has 146 valence electrons. The van der Waals surface area contributed by atoms with Crippen LogP contribution in [0.5, 0.6) is 5.75 Å². The predicted molar refractivity (Wildman–Crippen MR) is 95.3 cm³/mol. The minimum absolute atomic E-state index is 0.169. The molecule has 2 N–H and O–H groups in total. The first-order chi connectivity index (χ1) is 13.4. The van der Waals surface area contributed by atoms with Crippen molar-refractivity contribution >= 4 is 11.7 Å². The molecule has 0 saturated heterocycles. The van der Waals surface area contributed by atoms with Gasteiger partial charge in [-0.3, -0.25) is 4.79 Å². The summed E-state index contributed by atoms with van der Waals surface area (Å²) >= 11 is 0. The molecule has 0 spiro atoms. The van der Waals surface area contributed by atoms with Crippen molar-refractivity contribution in [3.05, 3.63) is 66.7 Å². The molecule has 0 atom stereocenters. The highest BCUT2D eigenvalue weighted by Crippen LogP contribution is 2.26. The fraction of sp³-hybridized carbons (Fsp3) is 0.167. The molecular formula is C18H16F3N5O2. The molecule has 0 saturated carbocycles. The van der Waals surface area contributed by atoms with Crippen LogP contribution in [-0.4, -0.2) is 39.9 Å². The first-order valence-corrected chi connectivity index (χ1v) is 8.24. The lowest BCUT2D eigenvalue weighted by Crippen LogP contribution is -2.30. The lowest BCUT2D eigenvalue weighted by atomic mass is 10.2. The third kappa shape index (κ3) is 5.22. The second-order valence-electron chi connectivity index (χ2n) is 5.58. The highest BCUT2D eigenvalue weighted by Gasteiger charge is 2.32. The number of anilines is 1. The van der Waals surface area contributed by atoms with Crippen LogP contribution in [-0.2, 0) is 0 Å². The van der Waals surface area contributed by atoms with E-state index in [2.05, 4.69) is 25.3 Å². The van der Waals surface area contributed by atoms with Crippen molar-refractivity contribution in [2.75, 3.05) is 18.4 Å². The minimum Gasteiger partial charge on any atom is -0.405 e. The number of nitrogens with zero attached hydrogens (tertiary/aromatic N) is 3. The number of benzene rings is 1. The van der Waals surface area contributed by atoms with Crippen LogP contribution in [0.15, 0.2) is 61.2 Å². The van der Waals surface area contributed by atoms with Gasteiger partial charge in [-0.25, -0.2) is 9.97 Å². The molecule has 0 bridgehead atoms. The number of amides is 1. The van der Waals surface area contributed by atoms with Crippen LogP contribution in [0, 0.1) is 0 Å². The summed E-state index contributed by atoms with van der Waals surface area (Å²) in [4.78, 5) is 20.4. The summed E-state index contributed by atoms with van der Waals surface area (Å²) in [6, 6.07) is 10.6. The highest BCUT2D eigenvalue weighted by atomic mass is 19.4. The average molecular weight is 391 g/mol. The Labute approximate surface area is 158 Å². The second-order valence-corrected chi connectivity index (χ2v) is 5.58. The molecule has 7 nitrogen and oxygen atoms in total. The van der Waals surface area contributed by atoms with Gasteiger partial charge in [0.1, 0.15) is 23.7 Å². The normalized spacial score (nSPS) is 11.1. The van der Waals surface area contributed by atoms with Gasteiger partial charge in [-0.15, -0.1) is 13.2 Å². The van der Waals surface area contributed by atoms with E-state index in [4.69, 9.17) is 0 Å². The molecule has 28 heavy (non-hydrogen) atoms. The third-order valence-corrected chi connectivity index (χ3v) is 3.60. The third-order valence-electron chi connectivity index (χ3n) is 3.60. The van der Waals surface area contributed by atoms with Crippen molar-refractivity contribution in [2.24, 2.45) is 0 Å². The predicted octanol–water partition coefficient (Wildman–Crippen LogP) is 3.01. The zero-order valence-electron chi connectivity index (χ0n) is 14.5. The number of hydrogen-bond acceptors (Lipinski definition) is 5. The number of hydrogen-bond donors (Lipinski definition) is 2. The van der Waals surface area contributed by atoms with E-state index in [1.807, 2.05) is 29.1 Å². The molecule has 0 aliphatic heterocycles. The van der Waals surface area contributed by atoms with Gasteiger partial charge in [0.05, 0.1) is 5.56 Å². The van der Waals surface area contributed by atoms with E-state index in [1.165, 1.54) is 24.5 Å². The van der Waals surface area contributed by atoms with E-state index < -0.39 is 18.0 Å². The van der Waals surface area contributed by atoms with Crippen molar-refractivity contribution in [3.63, 3.8) is 0 Å². The number of carbonyl (C=O) groups excluding carboxylic acids is 1. The van der Waals surface area contributed by atoms with E-state index >= 15 is 0 Å². The molecule has 3 rings (SSSR count). The van der Waals surface area contributed by atoms with Gasteiger partial charge < -0.3 is 19.9 Å². The highest BCUT2D eigenvalue weighted by molar-refractivity contribution is 5.96. The van der Waals surface area contributed by atoms with E-state index in [9.17, 15) is 18.0 Å².